The number of nitrogens with zero attached hydrogens (tertiary/aromatic N) is 1. The number of aliphatic hydroxyl groups is 1. The standard InChI is InChI=1S/C29H45NO2Si/c1-18(2)26-25(27(31)21-14-12-19(3)13-15-21)20(4)24-22(30-26)16-29(8,9)17-23(24)32-33(10,11)28(5,6)7/h12-15,18,23,27,31H,16-17H2,1-11H3. The number of hydrogen-bond donors (Lipinski definition) is 1. The summed E-state index contributed by atoms with van der Waals surface area (Å²) in [5.74, 6) is 0.230. The first-order valence-corrected chi connectivity index (χ1v) is 15.4. The van der Waals surface area contributed by atoms with Crippen LogP contribution in [0.2, 0.25) is 18.1 Å². The van der Waals surface area contributed by atoms with E-state index in [2.05, 4.69) is 87.5 Å². The van der Waals surface area contributed by atoms with Crippen LogP contribution in [0, 0.1) is 19.3 Å². The highest BCUT2D eigenvalue weighted by molar-refractivity contribution is 6.74. The fourth-order valence-corrected chi connectivity index (χ4v) is 6.11. The summed E-state index contributed by atoms with van der Waals surface area (Å²) in [7, 11) is -1.99. The maximum Gasteiger partial charge on any atom is 0.192 e. The molecule has 0 radical (unpaired) electrons. The monoisotopic (exact) mass is 467 g/mol. The van der Waals surface area contributed by atoms with Gasteiger partial charge in [0.25, 0.3) is 0 Å². The van der Waals surface area contributed by atoms with Gasteiger partial charge in [0, 0.05) is 22.5 Å². The predicted molar refractivity (Wildman–Crippen MR) is 141 cm³/mol. The Morgan fingerprint density at radius 2 is 1.67 bits per heavy atom. The molecule has 0 amide bonds. The van der Waals surface area contributed by atoms with E-state index < -0.39 is 14.4 Å². The summed E-state index contributed by atoms with van der Waals surface area (Å²) in [6.45, 7) is 24.8. The molecular weight excluding hydrogens is 422 g/mol. The van der Waals surface area contributed by atoms with Gasteiger partial charge >= 0.3 is 0 Å². The molecule has 0 saturated heterocycles. The van der Waals surface area contributed by atoms with Gasteiger partial charge in [-0.1, -0.05) is 78.3 Å². The molecule has 1 aromatic heterocycles. The number of hydrogen-bond acceptors (Lipinski definition) is 3. The van der Waals surface area contributed by atoms with Crippen molar-refractivity contribution in [1.29, 1.82) is 0 Å². The smallest absolute Gasteiger partial charge is 0.192 e. The van der Waals surface area contributed by atoms with E-state index in [0.29, 0.717) is 0 Å². The third-order valence-corrected chi connectivity index (χ3v) is 12.3. The van der Waals surface area contributed by atoms with E-state index in [1.54, 1.807) is 0 Å². The molecule has 0 bridgehead atoms. The van der Waals surface area contributed by atoms with Crippen LogP contribution < -0.4 is 0 Å². The zero-order valence-corrected chi connectivity index (χ0v) is 23.8. The maximum atomic E-state index is 11.6. The van der Waals surface area contributed by atoms with Crippen molar-refractivity contribution in [3.8, 4) is 0 Å². The highest BCUT2D eigenvalue weighted by Gasteiger charge is 2.44. The number of fused-ring (bicyclic) bond motifs is 1. The Kier molecular flexibility index (Phi) is 7.08. The second-order valence-corrected chi connectivity index (χ2v) is 17.5. The minimum Gasteiger partial charge on any atom is -0.410 e. The molecule has 1 N–H and O–H groups in total. The molecule has 3 nitrogen and oxygen atoms in total. The van der Waals surface area contributed by atoms with Crippen LogP contribution in [0.15, 0.2) is 24.3 Å². The molecule has 182 valence electrons. The van der Waals surface area contributed by atoms with Crippen molar-refractivity contribution in [2.24, 2.45) is 5.41 Å². The molecule has 2 unspecified atom stereocenters. The van der Waals surface area contributed by atoms with Crippen LogP contribution in [0.4, 0.5) is 0 Å². The largest absolute Gasteiger partial charge is 0.410 e. The average molecular weight is 468 g/mol. The fourth-order valence-electron chi connectivity index (χ4n) is 4.84. The molecule has 1 heterocycles. The SMILES string of the molecule is Cc1ccc(C(O)c2c(C(C)C)nc3c(c2C)C(O[Si](C)(C)C(C)(C)C)CC(C)(C)C3)cc1. The van der Waals surface area contributed by atoms with Crippen LogP contribution in [-0.2, 0) is 10.8 Å². The van der Waals surface area contributed by atoms with Gasteiger partial charge in [0.05, 0.1) is 6.10 Å². The third kappa shape index (κ3) is 5.28. The summed E-state index contributed by atoms with van der Waals surface area (Å²) >= 11 is 0. The van der Waals surface area contributed by atoms with E-state index >= 15 is 0 Å². The summed E-state index contributed by atoms with van der Waals surface area (Å²) in [5, 5.41) is 11.7. The van der Waals surface area contributed by atoms with Gasteiger partial charge in [-0.05, 0) is 67.3 Å². The van der Waals surface area contributed by atoms with E-state index in [-0.39, 0.29) is 22.5 Å². The Hall–Kier alpha value is -1.49. The van der Waals surface area contributed by atoms with Gasteiger partial charge in [-0.25, -0.2) is 0 Å². The number of aromatic nitrogens is 1. The van der Waals surface area contributed by atoms with Crippen LogP contribution >= 0.6 is 0 Å². The molecule has 0 fully saturated rings. The molecule has 1 aliphatic rings. The Bertz CT molecular complexity index is 1000. The second-order valence-electron chi connectivity index (χ2n) is 12.8. The Morgan fingerprint density at radius 3 is 2.18 bits per heavy atom. The van der Waals surface area contributed by atoms with Gasteiger partial charge < -0.3 is 9.53 Å². The number of pyridine rings is 1. The maximum absolute atomic E-state index is 11.6. The minimum atomic E-state index is -1.99. The van der Waals surface area contributed by atoms with Crippen molar-refractivity contribution < 1.29 is 9.53 Å². The zero-order valence-electron chi connectivity index (χ0n) is 22.8. The molecule has 1 aliphatic carbocycles. The van der Waals surface area contributed by atoms with E-state index in [9.17, 15) is 5.11 Å². The van der Waals surface area contributed by atoms with Crippen molar-refractivity contribution in [2.75, 3.05) is 0 Å². The lowest BCUT2D eigenvalue weighted by molar-refractivity contribution is 0.105. The Labute approximate surface area is 203 Å². The number of benzene rings is 1. The van der Waals surface area contributed by atoms with Crippen LogP contribution in [0.5, 0.6) is 0 Å². The molecule has 2 aromatic rings. The van der Waals surface area contributed by atoms with Gasteiger partial charge in [0.15, 0.2) is 8.32 Å². The predicted octanol–water partition coefficient (Wildman–Crippen LogP) is 7.94. The number of aliphatic hydroxyl groups excluding tert-OH is 1. The summed E-state index contributed by atoms with van der Waals surface area (Å²) in [6.07, 6.45) is 1.25. The second kappa shape index (κ2) is 8.94. The Morgan fingerprint density at radius 1 is 1.09 bits per heavy atom. The summed E-state index contributed by atoms with van der Waals surface area (Å²) in [6, 6.07) is 8.22. The van der Waals surface area contributed by atoms with Gasteiger partial charge in [-0.3, -0.25) is 4.98 Å². The summed E-state index contributed by atoms with van der Waals surface area (Å²) in [5.41, 5.74) is 7.78. The molecule has 4 heteroatoms. The molecule has 1 aromatic carbocycles. The van der Waals surface area contributed by atoms with Crippen molar-refractivity contribution in [3.63, 3.8) is 0 Å². The van der Waals surface area contributed by atoms with Gasteiger partial charge in [-0.15, -0.1) is 0 Å². The lowest BCUT2D eigenvalue weighted by Crippen LogP contribution is -2.44. The van der Waals surface area contributed by atoms with Crippen molar-refractivity contribution in [2.45, 2.75) is 111 Å². The molecule has 2 atom stereocenters. The molecule has 0 spiro atoms. The third-order valence-electron chi connectivity index (χ3n) is 7.81. The lowest BCUT2D eigenvalue weighted by Gasteiger charge is -2.45. The normalized spacial score (nSPS) is 19.5. The zero-order chi connectivity index (χ0) is 24.9. The van der Waals surface area contributed by atoms with Gasteiger partial charge in [0.1, 0.15) is 6.10 Å². The highest BCUT2D eigenvalue weighted by Crippen LogP contribution is 2.49. The van der Waals surface area contributed by atoms with Crippen LogP contribution in [0.25, 0.3) is 0 Å². The minimum absolute atomic E-state index is 0.0160. The summed E-state index contributed by atoms with van der Waals surface area (Å²) < 4.78 is 7.06. The van der Waals surface area contributed by atoms with E-state index in [0.717, 1.165) is 40.9 Å². The van der Waals surface area contributed by atoms with E-state index in [4.69, 9.17) is 9.41 Å². The molecule has 3 rings (SSSR count). The van der Waals surface area contributed by atoms with Gasteiger partial charge in [0.2, 0.25) is 0 Å². The van der Waals surface area contributed by atoms with E-state index in [1.165, 1.54) is 11.1 Å². The van der Waals surface area contributed by atoms with Gasteiger partial charge in [-0.2, -0.15) is 0 Å². The first-order chi connectivity index (χ1) is 15.0. The summed E-state index contributed by atoms with van der Waals surface area (Å²) in [4.78, 5) is 5.25. The first-order valence-electron chi connectivity index (χ1n) is 12.5. The Balaban J connectivity index is 2.21. The number of aryl methyl sites for hydroxylation is 1. The molecule has 0 saturated carbocycles. The molecule has 33 heavy (non-hydrogen) atoms. The van der Waals surface area contributed by atoms with Crippen molar-refractivity contribution in [1.82, 2.24) is 4.98 Å². The number of rotatable bonds is 5. The van der Waals surface area contributed by atoms with Crippen LogP contribution in [0.1, 0.15) is 112 Å². The van der Waals surface area contributed by atoms with E-state index in [1.807, 2.05) is 12.1 Å². The van der Waals surface area contributed by atoms with Crippen molar-refractivity contribution in [3.05, 3.63) is 63.5 Å². The first kappa shape index (κ1) is 26.1. The van der Waals surface area contributed by atoms with Crippen molar-refractivity contribution >= 4 is 8.32 Å². The van der Waals surface area contributed by atoms with Crippen LogP contribution in [-0.4, -0.2) is 18.4 Å². The molecule has 0 aliphatic heterocycles. The average Bonchev–Trinajstić information content (AvgIpc) is 2.65. The lowest BCUT2D eigenvalue weighted by atomic mass is 9.72. The fraction of sp³-hybridized carbons (Fsp3) is 0.621. The quantitative estimate of drug-likeness (QED) is 0.454. The highest BCUT2D eigenvalue weighted by atomic mass is 28.4. The molecular formula is C29H45NO2Si. The van der Waals surface area contributed by atoms with Crippen LogP contribution in [0.3, 0.4) is 0 Å². The topological polar surface area (TPSA) is 42.4 Å².